The van der Waals surface area contributed by atoms with Crippen molar-refractivity contribution in [1.29, 1.82) is 0 Å². The molecule has 3 rings (SSSR count). The van der Waals surface area contributed by atoms with E-state index in [-0.39, 0.29) is 29.4 Å². The number of hydrogen-bond donors (Lipinski definition) is 2. The zero-order chi connectivity index (χ0) is 14.8. The summed E-state index contributed by atoms with van der Waals surface area (Å²) in [5.74, 6) is -0.526. The highest BCUT2D eigenvalue weighted by molar-refractivity contribution is 7.14. The molecule has 1 aromatic carbocycles. The molecule has 1 atom stereocenters. The minimum absolute atomic E-state index is 0. The minimum atomic E-state index is -0.462. The lowest BCUT2D eigenvalue weighted by molar-refractivity contribution is -0.117. The number of hydrogen-bond acceptors (Lipinski definition) is 4. The van der Waals surface area contributed by atoms with Crippen LogP contribution >= 0.6 is 35.3 Å². The monoisotopic (exact) mass is 361 g/mol. The second kappa shape index (κ2) is 7.37. The van der Waals surface area contributed by atoms with Gasteiger partial charge in [-0.3, -0.25) is 4.79 Å². The molecule has 1 aromatic heterocycles. The predicted molar refractivity (Wildman–Crippen MR) is 89.4 cm³/mol. The standard InChI is InChI=1S/C14H13ClFN3OS.ClH/c15-9-6-8(3-4-10(9)16)12-7-21-14(18-12)19-13(20)11-2-1-5-17-11;/h3-4,6-7,11,17H,1-2,5H2,(H,18,19,20);1H. The van der Waals surface area contributed by atoms with E-state index >= 15 is 0 Å². The van der Waals surface area contributed by atoms with Gasteiger partial charge < -0.3 is 10.6 Å². The number of halogens is 3. The van der Waals surface area contributed by atoms with Crippen LogP contribution in [-0.2, 0) is 4.79 Å². The molecule has 4 nitrogen and oxygen atoms in total. The largest absolute Gasteiger partial charge is 0.306 e. The number of thiazole rings is 1. The van der Waals surface area contributed by atoms with Gasteiger partial charge in [-0.25, -0.2) is 9.37 Å². The number of benzene rings is 1. The van der Waals surface area contributed by atoms with Crippen molar-refractivity contribution in [2.75, 3.05) is 11.9 Å². The normalized spacial score (nSPS) is 17.1. The average Bonchev–Trinajstić information content (AvgIpc) is 3.12. The zero-order valence-electron chi connectivity index (χ0n) is 11.4. The Morgan fingerprint density at radius 1 is 1.50 bits per heavy atom. The van der Waals surface area contributed by atoms with Crippen molar-refractivity contribution in [3.63, 3.8) is 0 Å². The number of carbonyl (C=O) groups is 1. The third-order valence-electron chi connectivity index (χ3n) is 3.33. The van der Waals surface area contributed by atoms with Gasteiger partial charge in [0.25, 0.3) is 0 Å². The molecule has 2 N–H and O–H groups in total. The maximum absolute atomic E-state index is 13.2. The number of nitrogens with zero attached hydrogens (tertiary/aromatic N) is 1. The fourth-order valence-corrected chi connectivity index (χ4v) is 3.12. The fraction of sp³-hybridized carbons (Fsp3) is 0.286. The van der Waals surface area contributed by atoms with E-state index in [2.05, 4.69) is 15.6 Å². The summed E-state index contributed by atoms with van der Waals surface area (Å²) in [5.41, 5.74) is 1.38. The van der Waals surface area contributed by atoms with E-state index < -0.39 is 5.82 Å². The number of rotatable bonds is 3. The summed E-state index contributed by atoms with van der Waals surface area (Å²) in [6.07, 6.45) is 1.85. The molecule has 0 spiro atoms. The van der Waals surface area contributed by atoms with Crippen LogP contribution < -0.4 is 10.6 Å². The maximum atomic E-state index is 13.2. The van der Waals surface area contributed by atoms with Crippen molar-refractivity contribution in [1.82, 2.24) is 10.3 Å². The molecule has 118 valence electrons. The number of carbonyl (C=O) groups excluding carboxylic acids is 1. The van der Waals surface area contributed by atoms with E-state index in [0.29, 0.717) is 10.8 Å². The fourth-order valence-electron chi connectivity index (χ4n) is 2.22. The third kappa shape index (κ3) is 3.76. The molecule has 1 aliphatic heterocycles. The van der Waals surface area contributed by atoms with E-state index in [0.717, 1.165) is 24.9 Å². The van der Waals surface area contributed by atoms with Gasteiger partial charge in [0, 0.05) is 10.9 Å². The highest BCUT2D eigenvalue weighted by Gasteiger charge is 2.22. The Hall–Kier alpha value is -1.21. The van der Waals surface area contributed by atoms with Gasteiger partial charge >= 0.3 is 0 Å². The maximum Gasteiger partial charge on any atom is 0.243 e. The first-order valence-corrected chi connectivity index (χ1v) is 7.84. The minimum Gasteiger partial charge on any atom is -0.306 e. The van der Waals surface area contributed by atoms with Crippen molar-refractivity contribution >= 4 is 46.4 Å². The van der Waals surface area contributed by atoms with Crippen LogP contribution in [0.1, 0.15) is 12.8 Å². The summed E-state index contributed by atoms with van der Waals surface area (Å²) >= 11 is 7.10. The third-order valence-corrected chi connectivity index (χ3v) is 4.37. The molecule has 1 unspecified atom stereocenters. The lowest BCUT2D eigenvalue weighted by Crippen LogP contribution is -2.35. The second-order valence-electron chi connectivity index (χ2n) is 4.80. The van der Waals surface area contributed by atoms with E-state index in [1.165, 1.54) is 23.5 Å². The molecule has 2 aromatic rings. The molecule has 1 fully saturated rings. The number of nitrogens with one attached hydrogen (secondary N) is 2. The Labute approximate surface area is 142 Å². The number of anilines is 1. The van der Waals surface area contributed by atoms with Gasteiger partial charge in [0.2, 0.25) is 5.91 Å². The predicted octanol–water partition coefficient (Wildman–Crippen LogP) is 3.71. The number of aromatic nitrogens is 1. The van der Waals surface area contributed by atoms with E-state index in [1.807, 2.05) is 0 Å². The van der Waals surface area contributed by atoms with Crippen LogP contribution in [0.4, 0.5) is 9.52 Å². The van der Waals surface area contributed by atoms with Gasteiger partial charge in [-0.2, -0.15) is 0 Å². The smallest absolute Gasteiger partial charge is 0.243 e. The lowest BCUT2D eigenvalue weighted by atomic mass is 10.2. The van der Waals surface area contributed by atoms with E-state index in [1.54, 1.807) is 11.4 Å². The van der Waals surface area contributed by atoms with Crippen LogP contribution in [0.15, 0.2) is 23.6 Å². The summed E-state index contributed by atoms with van der Waals surface area (Å²) < 4.78 is 13.2. The molecule has 0 saturated carbocycles. The van der Waals surface area contributed by atoms with Gasteiger partial charge in [0.1, 0.15) is 5.82 Å². The summed E-state index contributed by atoms with van der Waals surface area (Å²) in [5, 5.41) is 8.33. The Kier molecular flexibility index (Phi) is 5.74. The Morgan fingerprint density at radius 3 is 3.00 bits per heavy atom. The van der Waals surface area contributed by atoms with Crippen molar-refractivity contribution in [3.05, 3.63) is 34.4 Å². The summed E-state index contributed by atoms with van der Waals surface area (Å²) in [6, 6.07) is 4.30. The van der Waals surface area contributed by atoms with Gasteiger partial charge in [0.15, 0.2) is 5.13 Å². The molecule has 0 aliphatic carbocycles. The lowest BCUT2D eigenvalue weighted by Gasteiger charge is -2.08. The zero-order valence-corrected chi connectivity index (χ0v) is 13.8. The van der Waals surface area contributed by atoms with Crippen LogP contribution in [-0.4, -0.2) is 23.5 Å². The second-order valence-corrected chi connectivity index (χ2v) is 6.07. The molecule has 0 radical (unpaired) electrons. The molecule has 1 aliphatic rings. The number of amides is 1. The van der Waals surface area contributed by atoms with Gasteiger partial charge in [-0.05, 0) is 37.6 Å². The first-order valence-electron chi connectivity index (χ1n) is 6.58. The molecule has 0 bridgehead atoms. The topological polar surface area (TPSA) is 54.0 Å². The molecule has 1 amide bonds. The molecule has 8 heteroatoms. The summed E-state index contributed by atoms with van der Waals surface area (Å²) in [7, 11) is 0. The summed E-state index contributed by atoms with van der Waals surface area (Å²) in [4.78, 5) is 16.3. The Balaban J connectivity index is 0.00000176. The van der Waals surface area contributed by atoms with Crippen LogP contribution in [0, 0.1) is 5.82 Å². The molecular weight excluding hydrogens is 348 g/mol. The van der Waals surface area contributed by atoms with Crippen LogP contribution in [0.5, 0.6) is 0 Å². The molecule has 22 heavy (non-hydrogen) atoms. The first-order chi connectivity index (χ1) is 10.1. The molecular formula is C14H14Cl2FN3OS. The van der Waals surface area contributed by atoms with E-state index in [9.17, 15) is 9.18 Å². The van der Waals surface area contributed by atoms with Gasteiger partial charge in [-0.15, -0.1) is 23.7 Å². The van der Waals surface area contributed by atoms with Crippen LogP contribution in [0.3, 0.4) is 0 Å². The Morgan fingerprint density at radius 2 is 2.32 bits per heavy atom. The molecule has 2 heterocycles. The first kappa shape index (κ1) is 17.1. The van der Waals surface area contributed by atoms with Crippen molar-refractivity contribution in [3.8, 4) is 11.3 Å². The highest BCUT2D eigenvalue weighted by Crippen LogP contribution is 2.28. The highest BCUT2D eigenvalue weighted by atomic mass is 35.5. The quantitative estimate of drug-likeness (QED) is 0.875. The van der Waals surface area contributed by atoms with E-state index in [4.69, 9.17) is 11.6 Å². The summed E-state index contributed by atoms with van der Waals surface area (Å²) in [6.45, 7) is 0.870. The van der Waals surface area contributed by atoms with Gasteiger partial charge in [0.05, 0.1) is 16.8 Å². The van der Waals surface area contributed by atoms with Crippen molar-refractivity contribution in [2.24, 2.45) is 0 Å². The van der Waals surface area contributed by atoms with Crippen LogP contribution in [0.2, 0.25) is 5.02 Å². The molecule has 1 saturated heterocycles. The van der Waals surface area contributed by atoms with Crippen molar-refractivity contribution in [2.45, 2.75) is 18.9 Å². The Bertz CT molecular complexity index is 674. The SMILES string of the molecule is Cl.O=C(Nc1nc(-c2ccc(F)c(Cl)c2)cs1)C1CCCN1. The van der Waals surface area contributed by atoms with Gasteiger partial charge in [-0.1, -0.05) is 11.6 Å². The van der Waals surface area contributed by atoms with Crippen LogP contribution in [0.25, 0.3) is 11.3 Å². The van der Waals surface area contributed by atoms with Crippen molar-refractivity contribution < 1.29 is 9.18 Å². The average molecular weight is 362 g/mol.